The van der Waals surface area contributed by atoms with Gasteiger partial charge in [0.25, 0.3) is 0 Å². The van der Waals surface area contributed by atoms with Crippen molar-refractivity contribution in [2.24, 2.45) is 16.8 Å². The van der Waals surface area contributed by atoms with Gasteiger partial charge in [-0.1, -0.05) is 27.7 Å². The Balaban J connectivity index is 0.00000484. The van der Waals surface area contributed by atoms with Crippen LogP contribution in [0.4, 0.5) is 0 Å². The van der Waals surface area contributed by atoms with Gasteiger partial charge in [0.1, 0.15) is 0 Å². The SMILES string of the molecule is CCNC(=NCC(C)C)NCC(C(C)C)N1CCN(C)CC1.I. The molecule has 0 radical (unpaired) electrons. The van der Waals surface area contributed by atoms with Crippen molar-refractivity contribution >= 4 is 29.9 Å². The van der Waals surface area contributed by atoms with Crippen LogP contribution in [0.25, 0.3) is 0 Å². The molecule has 23 heavy (non-hydrogen) atoms. The third-order valence-electron chi connectivity index (χ3n) is 4.21. The Labute approximate surface area is 160 Å². The first-order chi connectivity index (χ1) is 10.4. The number of hydrogen-bond donors (Lipinski definition) is 2. The summed E-state index contributed by atoms with van der Waals surface area (Å²) in [6.07, 6.45) is 0. The summed E-state index contributed by atoms with van der Waals surface area (Å²) in [7, 11) is 2.21. The van der Waals surface area contributed by atoms with E-state index < -0.39 is 0 Å². The van der Waals surface area contributed by atoms with Gasteiger partial charge in [0.2, 0.25) is 0 Å². The monoisotopic (exact) mass is 439 g/mol. The van der Waals surface area contributed by atoms with E-state index in [0.717, 1.165) is 25.6 Å². The highest BCUT2D eigenvalue weighted by molar-refractivity contribution is 14.0. The van der Waals surface area contributed by atoms with Gasteiger partial charge in [-0.3, -0.25) is 9.89 Å². The first-order valence-corrected chi connectivity index (χ1v) is 8.88. The van der Waals surface area contributed by atoms with E-state index in [2.05, 4.69) is 67.1 Å². The summed E-state index contributed by atoms with van der Waals surface area (Å²) in [6, 6.07) is 0.566. The molecule has 0 saturated carbocycles. The maximum absolute atomic E-state index is 4.67. The van der Waals surface area contributed by atoms with Crippen molar-refractivity contribution in [3.05, 3.63) is 0 Å². The van der Waals surface area contributed by atoms with Crippen molar-refractivity contribution in [2.75, 3.05) is 52.9 Å². The van der Waals surface area contributed by atoms with Crippen molar-refractivity contribution in [2.45, 2.75) is 40.7 Å². The molecular weight excluding hydrogens is 401 g/mol. The molecule has 1 aliphatic heterocycles. The van der Waals surface area contributed by atoms with Crippen molar-refractivity contribution in [1.29, 1.82) is 0 Å². The molecule has 5 nitrogen and oxygen atoms in total. The number of rotatable bonds is 7. The summed E-state index contributed by atoms with van der Waals surface area (Å²) in [6.45, 7) is 18.6. The summed E-state index contributed by atoms with van der Waals surface area (Å²) < 4.78 is 0. The van der Waals surface area contributed by atoms with E-state index in [1.165, 1.54) is 26.2 Å². The van der Waals surface area contributed by atoms with Crippen molar-refractivity contribution < 1.29 is 0 Å². The third-order valence-corrected chi connectivity index (χ3v) is 4.21. The van der Waals surface area contributed by atoms with Crippen LogP contribution in [-0.4, -0.2) is 74.7 Å². The molecule has 1 fully saturated rings. The maximum Gasteiger partial charge on any atom is 0.191 e. The number of nitrogens with zero attached hydrogens (tertiary/aromatic N) is 3. The molecule has 2 N–H and O–H groups in total. The Morgan fingerprint density at radius 2 is 1.65 bits per heavy atom. The lowest BCUT2D eigenvalue weighted by molar-refractivity contribution is 0.0900. The molecule has 0 spiro atoms. The zero-order valence-electron chi connectivity index (χ0n) is 15.9. The lowest BCUT2D eigenvalue weighted by Gasteiger charge is -2.40. The van der Waals surface area contributed by atoms with E-state index in [1.54, 1.807) is 0 Å². The highest BCUT2D eigenvalue weighted by Gasteiger charge is 2.24. The number of aliphatic imine (C=N–C) groups is 1. The molecule has 1 heterocycles. The van der Waals surface area contributed by atoms with Gasteiger partial charge in [-0.2, -0.15) is 0 Å². The summed E-state index contributed by atoms with van der Waals surface area (Å²) in [5.74, 6) is 2.19. The van der Waals surface area contributed by atoms with Crippen LogP contribution in [0.2, 0.25) is 0 Å². The second kappa shape index (κ2) is 12.3. The Hall–Kier alpha value is -0.0800. The van der Waals surface area contributed by atoms with Crippen LogP contribution in [0.1, 0.15) is 34.6 Å². The highest BCUT2D eigenvalue weighted by atomic mass is 127. The van der Waals surface area contributed by atoms with Gasteiger partial charge < -0.3 is 15.5 Å². The third kappa shape index (κ3) is 9.10. The largest absolute Gasteiger partial charge is 0.357 e. The molecule has 0 aliphatic carbocycles. The minimum absolute atomic E-state index is 0. The molecule has 1 rings (SSSR count). The maximum atomic E-state index is 4.67. The van der Waals surface area contributed by atoms with Crippen LogP contribution < -0.4 is 10.6 Å². The topological polar surface area (TPSA) is 42.9 Å². The minimum Gasteiger partial charge on any atom is -0.357 e. The second-order valence-corrected chi connectivity index (χ2v) is 7.14. The molecule has 6 heteroatoms. The van der Waals surface area contributed by atoms with Gasteiger partial charge >= 0.3 is 0 Å². The van der Waals surface area contributed by atoms with E-state index >= 15 is 0 Å². The van der Waals surface area contributed by atoms with Crippen LogP contribution in [-0.2, 0) is 0 Å². The minimum atomic E-state index is 0. The Morgan fingerprint density at radius 1 is 1.04 bits per heavy atom. The number of guanidine groups is 1. The van der Waals surface area contributed by atoms with E-state index in [0.29, 0.717) is 17.9 Å². The van der Waals surface area contributed by atoms with Gasteiger partial charge in [-0.25, -0.2) is 0 Å². The molecule has 138 valence electrons. The Kier molecular flexibility index (Phi) is 12.3. The van der Waals surface area contributed by atoms with Gasteiger partial charge in [0.15, 0.2) is 5.96 Å². The lowest BCUT2D eigenvalue weighted by Crippen LogP contribution is -2.55. The summed E-state index contributed by atoms with van der Waals surface area (Å²) >= 11 is 0. The second-order valence-electron chi connectivity index (χ2n) is 7.14. The Morgan fingerprint density at radius 3 is 2.13 bits per heavy atom. The van der Waals surface area contributed by atoms with Gasteiger partial charge in [-0.15, -0.1) is 24.0 Å². The van der Waals surface area contributed by atoms with Crippen molar-refractivity contribution in [3.8, 4) is 0 Å². The summed E-state index contributed by atoms with van der Waals surface area (Å²) in [5, 5.41) is 6.90. The fourth-order valence-electron chi connectivity index (χ4n) is 2.76. The average molecular weight is 439 g/mol. The van der Waals surface area contributed by atoms with E-state index in [-0.39, 0.29) is 24.0 Å². The molecule has 1 atom stereocenters. The zero-order chi connectivity index (χ0) is 16.5. The molecule has 1 saturated heterocycles. The number of nitrogens with one attached hydrogen (secondary N) is 2. The first kappa shape index (κ1) is 22.9. The molecule has 0 aromatic carbocycles. The van der Waals surface area contributed by atoms with Crippen molar-refractivity contribution in [3.63, 3.8) is 0 Å². The van der Waals surface area contributed by atoms with Crippen LogP contribution >= 0.6 is 24.0 Å². The number of piperazine rings is 1. The Bertz CT molecular complexity index is 325. The quantitative estimate of drug-likeness (QED) is 0.362. The van der Waals surface area contributed by atoms with Crippen LogP contribution in [0.15, 0.2) is 4.99 Å². The normalized spacial score (nSPS) is 18.9. The zero-order valence-corrected chi connectivity index (χ0v) is 18.3. The first-order valence-electron chi connectivity index (χ1n) is 8.88. The van der Waals surface area contributed by atoms with Crippen molar-refractivity contribution in [1.82, 2.24) is 20.4 Å². The van der Waals surface area contributed by atoms with Gasteiger partial charge in [0.05, 0.1) is 0 Å². The standard InChI is InChI=1S/C17H37N5.HI/c1-7-18-17(19-12-14(2)3)20-13-16(15(4)5)22-10-8-21(6)9-11-22;/h14-16H,7-13H2,1-6H3,(H2,18,19,20);1H. The van der Waals surface area contributed by atoms with Gasteiger partial charge in [0, 0.05) is 51.9 Å². The van der Waals surface area contributed by atoms with E-state index in [4.69, 9.17) is 0 Å². The predicted octanol–water partition coefficient (Wildman–Crippen LogP) is 2.09. The molecule has 1 unspecified atom stereocenters. The number of halogens is 1. The smallest absolute Gasteiger partial charge is 0.191 e. The number of hydrogen-bond acceptors (Lipinski definition) is 3. The van der Waals surface area contributed by atoms with Gasteiger partial charge in [-0.05, 0) is 25.8 Å². The molecule has 0 amide bonds. The highest BCUT2D eigenvalue weighted by Crippen LogP contribution is 2.12. The molecule has 0 bridgehead atoms. The fourth-order valence-corrected chi connectivity index (χ4v) is 2.76. The average Bonchev–Trinajstić information content (AvgIpc) is 2.46. The van der Waals surface area contributed by atoms with Crippen LogP contribution in [0.5, 0.6) is 0 Å². The molecule has 0 aromatic heterocycles. The fraction of sp³-hybridized carbons (Fsp3) is 0.941. The van der Waals surface area contributed by atoms with Crippen LogP contribution in [0, 0.1) is 11.8 Å². The van der Waals surface area contributed by atoms with Crippen LogP contribution in [0.3, 0.4) is 0 Å². The summed E-state index contributed by atoms with van der Waals surface area (Å²) in [4.78, 5) is 9.71. The predicted molar refractivity (Wildman–Crippen MR) is 112 cm³/mol. The van der Waals surface area contributed by atoms with E-state index in [1.807, 2.05) is 0 Å². The summed E-state index contributed by atoms with van der Waals surface area (Å²) in [5.41, 5.74) is 0. The molecule has 1 aliphatic rings. The molecule has 0 aromatic rings. The van der Waals surface area contributed by atoms with E-state index in [9.17, 15) is 0 Å². The lowest BCUT2D eigenvalue weighted by atomic mass is 10.0. The molecular formula is C17H38IN5. The number of likely N-dealkylation sites (N-methyl/N-ethyl adjacent to an activating group) is 1.